The van der Waals surface area contributed by atoms with Gasteiger partial charge in [-0.15, -0.1) is 0 Å². The van der Waals surface area contributed by atoms with Crippen LogP contribution in [-0.2, 0) is 15.4 Å². The van der Waals surface area contributed by atoms with Crippen molar-refractivity contribution in [3.8, 4) is 0 Å². The number of hydrogen-bond acceptors (Lipinski definition) is 2. The SMILES string of the molecule is Cc1ccc(C)c(S(=O)(=O)NCC2(c3c[nH]c4cc(F)ccc34)CC2)c1. The molecule has 136 valence electrons. The molecule has 1 aliphatic carbocycles. The molecular weight excluding hydrogens is 351 g/mol. The van der Waals surface area contributed by atoms with E-state index in [2.05, 4.69) is 9.71 Å². The van der Waals surface area contributed by atoms with Crippen LogP contribution in [-0.4, -0.2) is 19.9 Å². The monoisotopic (exact) mass is 372 g/mol. The van der Waals surface area contributed by atoms with Crippen molar-refractivity contribution in [2.75, 3.05) is 6.54 Å². The lowest BCUT2D eigenvalue weighted by Crippen LogP contribution is -2.32. The Hall–Kier alpha value is -2.18. The molecule has 1 aromatic heterocycles. The standard InChI is InChI=1S/C20H21FN2O2S/c1-13-3-4-14(2)19(9-13)26(24,25)23-12-20(7-8-20)17-11-22-18-10-15(21)5-6-16(17)18/h3-6,9-11,22-23H,7-8,12H2,1-2H3. The van der Waals surface area contributed by atoms with Crippen LogP contribution < -0.4 is 4.72 Å². The summed E-state index contributed by atoms with van der Waals surface area (Å²) in [6, 6.07) is 10.1. The highest BCUT2D eigenvalue weighted by Crippen LogP contribution is 2.50. The van der Waals surface area contributed by atoms with E-state index in [1.165, 1.54) is 12.1 Å². The summed E-state index contributed by atoms with van der Waals surface area (Å²) in [7, 11) is -3.58. The highest BCUT2D eigenvalue weighted by molar-refractivity contribution is 7.89. The van der Waals surface area contributed by atoms with E-state index in [1.807, 2.05) is 25.3 Å². The predicted octanol–water partition coefficient (Wildman–Crippen LogP) is 3.93. The van der Waals surface area contributed by atoms with Gasteiger partial charge >= 0.3 is 0 Å². The molecule has 1 aliphatic rings. The summed E-state index contributed by atoms with van der Waals surface area (Å²) >= 11 is 0. The second-order valence-electron chi connectivity index (χ2n) is 7.27. The van der Waals surface area contributed by atoms with Gasteiger partial charge in [0.2, 0.25) is 10.0 Å². The zero-order valence-electron chi connectivity index (χ0n) is 14.8. The lowest BCUT2D eigenvalue weighted by molar-refractivity contribution is 0.567. The van der Waals surface area contributed by atoms with E-state index < -0.39 is 10.0 Å². The molecule has 0 saturated heterocycles. The third kappa shape index (κ3) is 2.93. The van der Waals surface area contributed by atoms with Gasteiger partial charge in [0.1, 0.15) is 5.82 Å². The Balaban J connectivity index is 1.61. The number of fused-ring (bicyclic) bond motifs is 1. The number of aromatic nitrogens is 1. The van der Waals surface area contributed by atoms with E-state index >= 15 is 0 Å². The van der Waals surface area contributed by atoms with Crippen molar-refractivity contribution in [1.82, 2.24) is 9.71 Å². The van der Waals surface area contributed by atoms with Crippen molar-refractivity contribution in [1.29, 1.82) is 0 Å². The minimum Gasteiger partial charge on any atom is -0.361 e. The van der Waals surface area contributed by atoms with Crippen LogP contribution in [0.5, 0.6) is 0 Å². The molecule has 4 nitrogen and oxygen atoms in total. The summed E-state index contributed by atoms with van der Waals surface area (Å²) in [5, 5.41) is 0.954. The van der Waals surface area contributed by atoms with Gasteiger partial charge in [0, 0.05) is 29.1 Å². The Labute approximate surface area is 152 Å². The molecule has 0 radical (unpaired) electrons. The Morgan fingerprint density at radius 2 is 1.92 bits per heavy atom. The minimum atomic E-state index is -3.58. The van der Waals surface area contributed by atoms with Gasteiger partial charge in [-0.3, -0.25) is 0 Å². The third-order valence-corrected chi connectivity index (χ3v) is 6.85. The first-order valence-corrected chi connectivity index (χ1v) is 10.1. The molecule has 0 unspecified atom stereocenters. The van der Waals surface area contributed by atoms with Gasteiger partial charge in [-0.25, -0.2) is 17.5 Å². The molecule has 1 heterocycles. The third-order valence-electron chi connectivity index (χ3n) is 5.30. The Morgan fingerprint density at radius 3 is 2.65 bits per heavy atom. The van der Waals surface area contributed by atoms with Crippen LogP contribution in [0.2, 0.25) is 0 Å². The summed E-state index contributed by atoms with van der Waals surface area (Å²) < 4.78 is 41.8. The molecule has 2 aromatic carbocycles. The van der Waals surface area contributed by atoms with Crippen LogP contribution in [0.15, 0.2) is 47.5 Å². The maximum Gasteiger partial charge on any atom is 0.240 e. The highest BCUT2D eigenvalue weighted by Gasteiger charge is 2.46. The lowest BCUT2D eigenvalue weighted by atomic mass is 9.96. The van der Waals surface area contributed by atoms with E-state index in [0.717, 1.165) is 40.4 Å². The van der Waals surface area contributed by atoms with Crippen LogP contribution >= 0.6 is 0 Å². The number of H-pyrrole nitrogens is 1. The fourth-order valence-corrected chi connectivity index (χ4v) is 4.99. The van der Waals surface area contributed by atoms with E-state index in [4.69, 9.17) is 0 Å². The maximum atomic E-state index is 13.4. The molecule has 1 saturated carbocycles. The van der Waals surface area contributed by atoms with Gasteiger partial charge < -0.3 is 4.98 Å². The summed E-state index contributed by atoms with van der Waals surface area (Å²) in [5.74, 6) is -0.286. The molecule has 4 rings (SSSR count). The summed E-state index contributed by atoms with van der Waals surface area (Å²) in [6.45, 7) is 4.02. The maximum absolute atomic E-state index is 13.4. The normalized spacial score (nSPS) is 16.1. The van der Waals surface area contributed by atoms with Crippen molar-refractivity contribution in [2.45, 2.75) is 37.0 Å². The number of halogens is 1. The molecule has 0 spiro atoms. The average Bonchev–Trinajstić information content (AvgIpc) is 3.27. The smallest absolute Gasteiger partial charge is 0.240 e. The van der Waals surface area contributed by atoms with Crippen LogP contribution in [0.1, 0.15) is 29.5 Å². The Morgan fingerprint density at radius 1 is 1.15 bits per heavy atom. The number of nitrogens with one attached hydrogen (secondary N) is 2. The second kappa shape index (κ2) is 5.93. The molecule has 0 aliphatic heterocycles. The topological polar surface area (TPSA) is 62.0 Å². The summed E-state index contributed by atoms with van der Waals surface area (Å²) in [5.41, 5.74) is 3.21. The fourth-order valence-electron chi connectivity index (χ4n) is 3.54. The lowest BCUT2D eigenvalue weighted by Gasteiger charge is -2.17. The van der Waals surface area contributed by atoms with Gasteiger partial charge in [0.15, 0.2) is 0 Å². The molecule has 3 aromatic rings. The molecular formula is C20H21FN2O2S. The van der Waals surface area contributed by atoms with E-state index in [1.54, 1.807) is 19.1 Å². The van der Waals surface area contributed by atoms with Crippen molar-refractivity contribution in [3.05, 3.63) is 65.1 Å². The molecule has 1 fully saturated rings. The zero-order valence-corrected chi connectivity index (χ0v) is 15.6. The first-order chi connectivity index (χ1) is 12.3. The van der Waals surface area contributed by atoms with Gasteiger partial charge in [-0.2, -0.15) is 0 Å². The van der Waals surface area contributed by atoms with E-state index in [0.29, 0.717) is 11.4 Å². The minimum absolute atomic E-state index is 0.221. The van der Waals surface area contributed by atoms with Gasteiger partial charge in [-0.05, 0) is 67.6 Å². The number of sulfonamides is 1. The zero-order chi connectivity index (χ0) is 18.5. The van der Waals surface area contributed by atoms with Crippen molar-refractivity contribution < 1.29 is 12.8 Å². The van der Waals surface area contributed by atoms with E-state index in [9.17, 15) is 12.8 Å². The number of hydrogen-bond donors (Lipinski definition) is 2. The summed E-state index contributed by atoms with van der Waals surface area (Å²) in [6.07, 6.45) is 3.70. The molecule has 26 heavy (non-hydrogen) atoms. The van der Waals surface area contributed by atoms with E-state index in [-0.39, 0.29) is 11.2 Å². The number of aromatic amines is 1. The second-order valence-corrected chi connectivity index (χ2v) is 9.00. The van der Waals surface area contributed by atoms with Crippen molar-refractivity contribution >= 4 is 20.9 Å². The largest absolute Gasteiger partial charge is 0.361 e. The Bertz CT molecular complexity index is 1100. The molecule has 2 N–H and O–H groups in total. The Kier molecular flexibility index (Phi) is 3.93. The highest BCUT2D eigenvalue weighted by atomic mass is 32.2. The first kappa shape index (κ1) is 17.2. The van der Waals surface area contributed by atoms with Gasteiger partial charge in [-0.1, -0.05) is 12.1 Å². The summed E-state index contributed by atoms with van der Waals surface area (Å²) in [4.78, 5) is 3.43. The first-order valence-electron chi connectivity index (χ1n) is 8.65. The van der Waals surface area contributed by atoms with Crippen LogP contribution in [0, 0.1) is 19.7 Å². The van der Waals surface area contributed by atoms with Crippen molar-refractivity contribution in [3.63, 3.8) is 0 Å². The molecule has 0 atom stereocenters. The van der Waals surface area contributed by atoms with Crippen LogP contribution in [0.25, 0.3) is 10.9 Å². The quantitative estimate of drug-likeness (QED) is 0.713. The number of aryl methyl sites for hydroxylation is 2. The molecule has 0 amide bonds. The van der Waals surface area contributed by atoms with Crippen LogP contribution in [0.4, 0.5) is 4.39 Å². The average molecular weight is 372 g/mol. The van der Waals surface area contributed by atoms with Crippen LogP contribution in [0.3, 0.4) is 0 Å². The number of benzene rings is 2. The van der Waals surface area contributed by atoms with Gasteiger partial charge in [0.05, 0.1) is 4.90 Å². The van der Waals surface area contributed by atoms with Crippen molar-refractivity contribution in [2.24, 2.45) is 0 Å². The molecule has 6 heteroatoms. The van der Waals surface area contributed by atoms with Gasteiger partial charge in [0.25, 0.3) is 0 Å². The number of rotatable bonds is 5. The fraction of sp³-hybridized carbons (Fsp3) is 0.300. The molecule has 0 bridgehead atoms. The predicted molar refractivity (Wildman–Crippen MR) is 100 cm³/mol.